The second-order valence-electron chi connectivity index (χ2n) is 4.65. The van der Waals surface area contributed by atoms with Gasteiger partial charge in [0.05, 0.1) is 30.4 Å². The molecular weight excluding hydrogens is 250 g/mol. The molecule has 1 aromatic carbocycles. The summed E-state index contributed by atoms with van der Waals surface area (Å²) < 4.78 is 5.15. The van der Waals surface area contributed by atoms with E-state index in [1.165, 1.54) is 0 Å². The lowest BCUT2D eigenvalue weighted by Gasteiger charge is -2.10. The number of aromatic nitrogens is 1. The van der Waals surface area contributed by atoms with Crippen molar-refractivity contribution in [2.24, 2.45) is 0 Å². The van der Waals surface area contributed by atoms with Crippen molar-refractivity contribution in [2.45, 2.75) is 20.0 Å². The molecular formula is C16H21N3O. The molecule has 2 aromatic rings. The SMILES string of the molecule is CCCNc1cncc(Nc2cccc(COC)c2)c1. The number of pyridine rings is 1. The van der Waals surface area contributed by atoms with Crippen LogP contribution >= 0.6 is 0 Å². The Bertz CT molecular complexity index is 543. The summed E-state index contributed by atoms with van der Waals surface area (Å²) in [5.74, 6) is 0. The number of ether oxygens (including phenoxy) is 1. The lowest BCUT2D eigenvalue weighted by Crippen LogP contribution is -2.01. The molecule has 0 saturated carbocycles. The normalized spacial score (nSPS) is 10.3. The standard InChI is InChI=1S/C16H21N3O/c1-3-7-18-15-9-16(11-17-10-15)19-14-6-4-5-13(8-14)12-20-2/h4-6,8-11,18-19H,3,7,12H2,1-2H3. The Morgan fingerprint density at radius 3 is 2.75 bits per heavy atom. The molecule has 0 unspecified atom stereocenters. The summed E-state index contributed by atoms with van der Waals surface area (Å²) in [6, 6.07) is 10.2. The second-order valence-corrected chi connectivity index (χ2v) is 4.65. The van der Waals surface area contributed by atoms with Gasteiger partial charge in [-0.3, -0.25) is 4.98 Å². The summed E-state index contributed by atoms with van der Waals surface area (Å²) >= 11 is 0. The van der Waals surface area contributed by atoms with Gasteiger partial charge in [-0.25, -0.2) is 0 Å². The van der Waals surface area contributed by atoms with E-state index < -0.39 is 0 Å². The van der Waals surface area contributed by atoms with Crippen molar-refractivity contribution in [2.75, 3.05) is 24.3 Å². The summed E-state index contributed by atoms with van der Waals surface area (Å²) in [4.78, 5) is 4.24. The first-order valence-electron chi connectivity index (χ1n) is 6.85. The summed E-state index contributed by atoms with van der Waals surface area (Å²) in [6.45, 7) is 3.71. The molecule has 2 rings (SSSR count). The van der Waals surface area contributed by atoms with Gasteiger partial charge in [0.15, 0.2) is 0 Å². The van der Waals surface area contributed by atoms with Gasteiger partial charge in [0.1, 0.15) is 0 Å². The molecule has 0 bridgehead atoms. The van der Waals surface area contributed by atoms with Crippen molar-refractivity contribution >= 4 is 17.1 Å². The summed E-state index contributed by atoms with van der Waals surface area (Å²) in [5.41, 5.74) is 4.19. The van der Waals surface area contributed by atoms with Gasteiger partial charge in [-0.2, -0.15) is 0 Å². The van der Waals surface area contributed by atoms with Gasteiger partial charge in [0.25, 0.3) is 0 Å². The van der Waals surface area contributed by atoms with Crippen LogP contribution in [0.3, 0.4) is 0 Å². The molecule has 4 nitrogen and oxygen atoms in total. The fourth-order valence-electron chi connectivity index (χ4n) is 1.95. The number of methoxy groups -OCH3 is 1. The third-order valence-corrected chi connectivity index (χ3v) is 2.84. The van der Waals surface area contributed by atoms with E-state index in [-0.39, 0.29) is 0 Å². The number of rotatable bonds is 7. The van der Waals surface area contributed by atoms with Gasteiger partial charge in [-0.05, 0) is 30.2 Å². The molecule has 1 heterocycles. The fourth-order valence-corrected chi connectivity index (χ4v) is 1.95. The second kappa shape index (κ2) is 7.50. The van der Waals surface area contributed by atoms with E-state index in [1.54, 1.807) is 7.11 Å². The zero-order valence-electron chi connectivity index (χ0n) is 12.0. The third kappa shape index (κ3) is 4.24. The number of anilines is 3. The number of nitrogens with one attached hydrogen (secondary N) is 2. The predicted molar refractivity (Wildman–Crippen MR) is 83.5 cm³/mol. The molecule has 4 heteroatoms. The van der Waals surface area contributed by atoms with Crippen molar-refractivity contribution in [1.29, 1.82) is 0 Å². The van der Waals surface area contributed by atoms with Crippen LogP contribution in [0.2, 0.25) is 0 Å². The van der Waals surface area contributed by atoms with E-state index in [1.807, 2.05) is 30.6 Å². The summed E-state index contributed by atoms with van der Waals surface area (Å²) in [5, 5.41) is 6.69. The maximum absolute atomic E-state index is 5.15. The minimum atomic E-state index is 0.617. The molecule has 0 spiro atoms. The van der Waals surface area contributed by atoms with Crippen LogP contribution in [0, 0.1) is 0 Å². The van der Waals surface area contributed by atoms with E-state index in [9.17, 15) is 0 Å². The molecule has 1 aromatic heterocycles. The predicted octanol–water partition coefficient (Wildman–Crippen LogP) is 3.79. The molecule has 20 heavy (non-hydrogen) atoms. The zero-order valence-corrected chi connectivity index (χ0v) is 12.0. The molecule has 0 aliphatic carbocycles. The van der Waals surface area contributed by atoms with Crippen LogP contribution in [-0.2, 0) is 11.3 Å². The first kappa shape index (κ1) is 14.3. The van der Waals surface area contributed by atoms with Crippen LogP contribution in [-0.4, -0.2) is 18.6 Å². The van der Waals surface area contributed by atoms with Crippen LogP contribution in [0.15, 0.2) is 42.7 Å². The van der Waals surface area contributed by atoms with E-state index in [2.05, 4.69) is 34.7 Å². The Hall–Kier alpha value is -2.07. The van der Waals surface area contributed by atoms with Gasteiger partial charge < -0.3 is 15.4 Å². The minimum absolute atomic E-state index is 0.617. The number of nitrogens with zero attached hydrogens (tertiary/aromatic N) is 1. The Morgan fingerprint density at radius 1 is 1.10 bits per heavy atom. The maximum atomic E-state index is 5.15. The van der Waals surface area contributed by atoms with Gasteiger partial charge >= 0.3 is 0 Å². The minimum Gasteiger partial charge on any atom is -0.384 e. The molecule has 0 atom stereocenters. The quantitative estimate of drug-likeness (QED) is 0.804. The molecule has 0 aliphatic rings. The van der Waals surface area contributed by atoms with Crippen molar-refractivity contribution in [3.63, 3.8) is 0 Å². The topological polar surface area (TPSA) is 46.2 Å². The van der Waals surface area contributed by atoms with Crippen molar-refractivity contribution in [1.82, 2.24) is 4.98 Å². The molecule has 0 fully saturated rings. The summed E-state index contributed by atoms with van der Waals surface area (Å²) in [6.07, 6.45) is 4.75. The highest BCUT2D eigenvalue weighted by atomic mass is 16.5. The maximum Gasteiger partial charge on any atom is 0.0713 e. The monoisotopic (exact) mass is 271 g/mol. The largest absolute Gasteiger partial charge is 0.384 e. The Balaban J connectivity index is 2.07. The Morgan fingerprint density at radius 2 is 1.95 bits per heavy atom. The van der Waals surface area contributed by atoms with E-state index in [0.29, 0.717) is 6.61 Å². The first-order valence-corrected chi connectivity index (χ1v) is 6.85. The number of hydrogen-bond acceptors (Lipinski definition) is 4. The first-order chi connectivity index (χ1) is 9.81. The van der Waals surface area contributed by atoms with Crippen LogP contribution in [0.25, 0.3) is 0 Å². The fraction of sp³-hybridized carbons (Fsp3) is 0.312. The highest BCUT2D eigenvalue weighted by molar-refractivity contribution is 5.63. The van der Waals surface area contributed by atoms with E-state index >= 15 is 0 Å². The molecule has 0 radical (unpaired) electrons. The van der Waals surface area contributed by atoms with Gasteiger partial charge in [-0.15, -0.1) is 0 Å². The van der Waals surface area contributed by atoms with Crippen LogP contribution in [0.1, 0.15) is 18.9 Å². The van der Waals surface area contributed by atoms with Crippen molar-refractivity contribution < 1.29 is 4.74 Å². The molecule has 0 amide bonds. The van der Waals surface area contributed by atoms with Gasteiger partial charge in [0.2, 0.25) is 0 Å². The van der Waals surface area contributed by atoms with Crippen molar-refractivity contribution in [3.05, 3.63) is 48.3 Å². The molecule has 106 valence electrons. The highest BCUT2D eigenvalue weighted by Crippen LogP contribution is 2.20. The van der Waals surface area contributed by atoms with Gasteiger partial charge in [-0.1, -0.05) is 19.1 Å². The lowest BCUT2D eigenvalue weighted by atomic mass is 10.2. The summed E-state index contributed by atoms with van der Waals surface area (Å²) in [7, 11) is 1.70. The molecule has 0 saturated heterocycles. The van der Waals surface area contributed by atoms with Crippen LogP contribution in [0.5, 0.6) is 0 Å². The highest BCUT2D eigenvalue weighted by Gasteiger charge is 1.99. The average Bonchev–Trinajstić information content (AvgIpc) is 2.46. The van der Waals surface area contributed by atoms with Crippen LogP contribution in [0.4, 0.5) is 17.1 Å². The van der Waals surface area contributed by atoms with E-state index in [0.717, 1.165) is 35.6 Å². The Kier molecular flexibility index (Phi) is 5.38. The van der Waals surface area contributed by atoms with E-state index in [4.69, 9.17) is 4.74 Å². The number of benzene rings is 1. The van der Waals surface area contributed by atoms with Crippen molar-refractivity contribution in [3.8, 4) is 0 Å². The smallest absolute Gasteiger partial charge is 0.0713 e. The van der Waals surface area contributed by atoms with Crippen LogP contribution < -0.4 is 10.6 Å². The zero-order chi connectivity index (χ0) is 14.2. The third-order valence-electron chi connectivity index (χ3n) is 2.84. The number of hydrogen-bond donors (Lipinski definition) is 2. The van der Waals surface area contributed by atoms with Gasteiger partial charge in [0, 0.05) is 19.3 Å². The molecule has 2 N–H and O–H groups in total. The molecule has 0 aliphatic heterocycles. The lowest BCUT2D eigenvalue weighted by molar-refractivity contribution is 0.185. The average molecular weight is 271 g/mol. The Labute approximate surface area is 120 Å².